The van der Waals surface area contributed by atoms with Gasteiger partial charge >= 0.3 is 5.97 Å². The molecule has 1 saturated carbocycles. The summed E-state index contributed by atoms with van der Waals surface area (Å²) in [5.41, 5.74) is -0.0270. The van der Waals surface area contributed by atoms with Crippen LogP contribution in [0.15, 0.2) is 23.1 Å². The van der Waals surface area contributed by atoms with Crippen LogP contribution >= 0.6 is 0 Å². The highest BCUT2D eigenvalue weighted by Gasteiger charge is 2.32. The lowest BCUT2D eigenvalue weighted by Crippen LogP contribution is -2.47. The van der Waals surface area contributed by atoms with Gasteiger partial charge in [0.25, 0.3) is 0 Å². The number of carbonyl (C=O) groups is 1. The highest BCUT2D eigenvalue weighted by atomic mass is 19.1. The summed E-state index contributed by atoms with van der Waals surface area (Å²) in [4.78, 5) is 25.9. The van der Waals surface area contributed by atoms with E-state index in [1.165, 1.54) is 12.3 Å². The summed E-state index contributed by atoms with van der Waals surface area (Å²) in [5.74, 6) is -1.83. The highest BCUT2D eigenvalue weighted by molar-refractivity contribution is 5.93. The maximum atomic E-state index is 14.9. The third-order valence-electron chi connectivity index (χ3n) is 5.79. The Labute approximate surface area is 155 Å². The molecule has 2 aliphatic rings. The van der Waals surface area contributed by atoms with Crippen LogP contribution in [0.3, 0.4) is 0 Å². The molecule has 0 bridgehead atoms. The van der Waals surface area contributed by atoms with Crippen LogP contribution in [0.25, 0.3) is 10.9 Å². The number of benzene rings is 1. The summed E-state index contributed by atoms with van der Waals surface area (Å²) in [6, 6.07) is 2.97. The van der Waals surface area contributed by atoms with E-state index in [1.807, 2.05) is 18.7 Å². The van der Waals surface area contributed by atoms with Crippen LogP contribution in [0.1, 0.15) is 43.1 Å². The SMILES string of the molecule is CC1CN(c2cc3c(cc2F)c(=O)c(C(=O)O)cn3C2CC2)CC(C)C1O. The van der Waals surface area contributed by atoms with E-state index in [4.69, 9.17) is 0 Å². The Balaban J connectivity index is 1.88. The number of nitrogens with zero attached hydrogens (tertiary/aromatic N) is 2. The summed E-state index contributed by atoms with van der Waals surface area (Å²) in [6.07, 6.45) is 2.78. The topological polar surface area (TPSA) is 82.8 Å². The molecule has 1 aliphatic heterocycles. The molecule has 2 N–H and O–H groups in total. The average Bonchev–Trinajstić information content (AvgIpc) is 3.44. The van der Waals surface area contributed by atoms with E-state index in [9.17, 15) is 24.2 Å². The van der Waals surface area contributed by atoms with Crippen LogP contribution in [-0.4, -0.2) is 39.9 Å². The lowest BCUT2D eigenvalue weighted by atomic mass is 9.88. The van der Waals surface area contributed by atoms with Gasteiger partial charge in [-0.3, -0.25) is 4.79 Å². The Kier molecular flexibility index (Phi) is 4.22. The van der Waals surface area contributed by atoms with Crippen molar-refractivity contribution < 1.29 is 19.4 Å². The minimum absolute atomic E-state index is 0.00357. The third-order valence-corrected chi connectivity index (χ3v) is 5.79. The smallest absolute Gasteiger partial charge is 0.341 e. The van der Waals surface area contributed by atoms with E-state index in [2.05, 4.69) is 0 Å². The van der Waals surface area contributed by atoms with Gasteiger partial charge in [0.2, 0.25) is 5.43 Å². The van der Waals surface area contributed by atoms with Crippen LogP contribution < -0.4 is 10.3 Å². The molecule has 4 rings (SSSR count). The van der Waals surface area contributed by atoms with Crippen molar-refractivity contribution in [3.63, 3.8) is 0 Å². The zero-order chi connectivity index (χ0) is 19.5. The maximum Gasteiger partial charge on any atom is 0.341 e. The number of rotatable bonds is 3. The van der Waals surface area contributed by atoms with Gasteiger partial charge in [-0.05, 0) is 36.8 Å². The average molecular weight is 374 g/mol. The van der Waals surface area contributed by atoms with E-state index in [0.717, 1.165) is 12.8 Å². The van der Waals surface area contributed by atoms with Gasteiger partial charge in [0.1, 0.15) is 11.4 Å². The van der Waals surface area contributed by atoms with E-state index >= 15 is 0 Å². The number of aliphatic hydroxyl groups is 1. The van der Waals surface area contributed by atoms with Crippen molar-refractivity contribution in [3.8, 4) is 0 Å². The first-order valence-electron chi connectivity index (χ1n) is 9.32. The van der Waals surface area contributed by atoms with Crippen LogP contribution in [0.4, 0.5) is 10.1 Å². The summed E-state index contributed by atoms with van der Waals surface area (Å²) >= 11 is 0. The van der Waals surface area contributed by atoms with Crippen molar-refractivity contribution in [1.29, 1.82) is 0 Å². The van der Waals surface area contributed by atoms with Gasteiger partial charge < -0.3 is 19.7 Å². The number of aromatic carboxylic acids is 1. The number of pyridine rings is 1. The number of aliphatic hydroxyl groups excluding tert-OH is 1. The normalized spacial score (nSPS) is 25.8. The van der Waals surface area contributed by atoms with Crippen molar-refractivity contribution in [2.45, 2.75) is 38.8 Å². The molecule has 1 aromatic carbocycles. The molecule has 2 aromatic rings. The molecule has 0 radical (unpaired) electrons. The van der Waals surface area contributed by atoms with E-state index in [1.54, 1.807) is 10.6 Å². The quantitative estimate of drug-likeness (QED) is 0.863. The first kappa shape index (κ1) is 18.0. The van der Waals surface area contributed by atoms with E-state index in [0.29, 0.717) is 24.3 Å². The van der Waals surface area contributed by atoms with Crippen LogP contribution in [0.2, 0.25) is 0 Å². The molecule has 0 amide bonds. The molecular formula is C20H23FN2O4. The van der Waals surface area contributed by atoms with E-state index < -0.39 is 23.3 Å². The highest BCUT2D eigenvalue weighted by Crippen LogP contribution is 2.38. The van der Waals surface area contributed by atoms with Crippen LogP contribution in [-0.2, 0) is 0 Å². The van der Waals surface area contributed by atoms with Crippen molar-refractivity contribution in [3.05, 3.63) is 39.9 Å². The number of fused-ring (bicyclic) bond motifs is 1. The maximum absolute atomic E-state index is 14.9. The van der Waals surface area contributed by atoms with Gasteiger partial charge in [0.15, 0.2) is 0 Å². The van der Waals surface area contributed by atoms with E-state index in [-0.39, 0.29) is 28.8 Å². The molecular weight excluding hydrogens is 351 g/mol. The van der Waals surface area contributed by atoms with Gasteiger partial charge in [0.05, 0.1) is 17.3 Å². The fourth-order valence-corrected chi connectivity index (χ4v) is 4.15. The minimum Gasteiger partial charge on any atom is -0.477 e. The summed E-state index contributed by atoms with van der Waals surface area (Å²) < 4.78 is 16.7. The second-order valence-corrected chi connectivity index (χ2v) is 7.99. The standard InChI is InChI=1S/C20H23FN2O4/c1-10-7-22(8-11(2)18(10)24)17-6-16-13(5-15(17)21)19(25)14(20(26)27)9-23(16)12-3-4-12/h5-6,9-12,18,24H,3-4,7-8H2,1-2H3,(H,26,27). The van der Waals surface area contributed by atoms with Crippen molar-refractivity contribution in [2.24, 2.45) is 11.8 Å². The van der Waals surface area contributed by atoms with Gasteiger partial charge in [-0.25, -0.2) is 9.18 Å². The van der Waals surface area contributed by atoms with Gasteiger partial charge in [0, 0.05) is 30.7 Å². The number of hydrogen-bond acceptors (Lipinski definition) is 4. The third kappa shape index (κ3) is 3.00. The fourth-order valence-electron chi connectivity index (χ4n) is 4.15. The Morgan fingerprint density at radius 1 is 1.19 bits per heavy atom. The van der Waals surface area contributed by atoms with Crippen LogP contribution in [0.5, 0.6) is 0 Å². The zero-order valence-electron chi connectivity index (χ0n) is 15.4. The predicted octanol–water partition coefficient (Wildman–Crippen LogP) is 2.63. The lowest BCUT2D eigenvalue weighted by Gasteiger charge is -2.40. The molecule has 6 nitrogen and oxygen atoms in total. The molecule has 144 valence electrons. The first-order valence-corrected chi connectivity index (χ1v) is 9.32. The summed E-state index contributed by atoms with van der Waals surface area (Å²) in [5, 5.41) is 19.6. The molecule has 1 saturated heterocycles. The van der Waals surface area contributed by atoms with Crippen molar-refractivity contribution in [1.82, 2.24) is 4.57 Å². The molecule has 27 heavy (non-hydrogen) atoms. The summed E-state index contributed by atoms with van der Waals surface area (Å²) in [7, 11) is 0. The number of hydrogen-bond donors (Lipinski definition) is 2. The molecule has 7 heteroatoms. The Hall–Kier alpha value is -2.41. The number of aromatic nitrogens is 1. The molecule has 2 atom stereocenters. The molecule has 0 spiro atoms. The lowest BCUT2D eigenvalue weighted by molar-refractivity contribution is 0.0528. The molecule has 1 aliphatic carbocycles. The Morgan fingerprint density at radius 2 is 1.81 bits per heavy atom. The van der Waals surface area contributed by atoms with Gasteiger partial charge in [-0.1, -0.05) is 13.8 Å². The molecule has 1 aromatic heterocycles. The second-order valence-electron chi connectivity index (χ2n) is 7.99. The second kappa shape index (κ2) is 6.34. The van der Waals surface area contributed by atoms with Crippen molar-refractivity contribution in [2.75, 3.05) is 18.0 Å². The molecule has 2 unspecified atom stereocenters. The van der Waals surface area contributed by atoms with Crippen LogP contribution in [0, 0.1) is 17.7 Å². The van der Waals surface area contributed by atoms with Crippen molar-refractivity contribution >= 4 is 22.6 Å². The monoisotopic (exact) mass is 374 g/mol. The number of carboxylic acid groups (broad SMARTS) is 1. The summed E-state index contributed by atoms with van der Waals surface area (Å²) in [6.45, 7) is 4.92. The first-order chi connectivity index (χ1) is 12.8. The largest absolute Gasteiger partial charge is 0.477 e. The van der Waals surface area contributed by atoms with Gasteiger partial charge in [-0.15, -0.1) is 0 Å². The minimum atomic E-state index is -1.30. The Bertz CT molecular complexity index is 970. The number of anilines is 1. The van der Waals surface area contributed by atoms with Gasteiger partial charge in [-0.2, -0.15) is 0 Å². The molecule has 2 fully saturated rings. The number of halogens is 1. The molecule has 2 heterocycles. The zero-order valence-corrected chi connectivity index (χ0v) is 15.4. The number of piperidine rings is 1. The predicted molar refractivity (Wildman–Crippen MR) is 99.9 cm³/mol. The number of carboxylic acids is 1. The fraction of sp³-hybridized carbons (Fsp3) is 0.500. The Morgan fingerprint density at radius 3 is 2.37 bits per heavy atom.